The second kappa shape index (κ2) is 6.78. The lowest BCUT2D eigenvalue weighted by molar-refractivity contribution is -0.141. The second-order valence-electron chi connectivity index (χ2n) is 6.63. The van der Waals surface area contributed by atoms with Crippen LogP contribution in [0, 0.1) is 5.92 Å². The van der Waals surface area contributed by atoms with Gasteiger partial charge in [-0.05, 0) is 32.6 Å². The molecule has 2 fully saturated rings. The summed E-state index contributed by atoms with van der Waals surface area (Å²) < 4.78 is 50.7. The van der Waals surface area contributed by atoms with E-state index in [4.69, 9.17) is 9.47 Å². The molecule has 3 rings (SSSR count). The molecule has 25 heavy (non-hydrogen) atoms. The maximum Gasteiger partial charge on any atom is 0.434 e. The van der Waals surface area contributed by atoms with Crippen molar-refractivity contribution in [2.24, 2.45) is 5.92 Å². The number of nitrogens with zero attached hydrogens (tertiary/aromatic N) is 3. The molecule has 0 spiro atoms. The van der Waals surface area contributed by atoms with Gasteiger partial charge in [0.1, 0.15) is 5.56 Å². The van der Waals surface area contributed by atoms with Crippen LogP contribution in [0.15, 0.2) is 6.20 Å². The predicted octanol–water partition coefficient (Wildman–Crippen LogP) is 2.68. The maximum atomic E-state index is 13.4. The SMILES string of the molecule is CC1CN(c2ncc(C(=O)OCC3CC3)c(C(F)(F)F)n2)CC(C)O1. The average Bonchev–Trinajstić information content (AvgIpc) is 3.34. The third-order valence-electron chi connectivity index (χ3n) is 4.11. The van der Waals surface area contributed by atoms with Crippen molar-refractivity contribution < 1.29 is 27.4 Å². The summed E-state index contributed by atoms with van der Waals surface area (Å²) in [7, 11) is 0. The molecule has 1 aliphatic carbocycles. The molecule has 1 saturated carbocycles. The second-order valence-corrected chi connectivity index (χ2v) is 6.63. The number of halogens is 3. The van der Waals surface area contributed by atoms with Crippen molar-refractivity contribution in [3.63, 3.8) is 0 Å². The van der Waals surface area contributed by atoms with E-state index in [1.165, 1.54) is 0 Å². The molecule has 1 aromatic heterocycles. The molecule has 2 unspecified atom stereocenters. The number of aromatic nitrogens is 2. The molecule has 1 aromatic rings. The number of hydrogen-bond donors (Lipinski definition) is 0. The van der Waals surface area contributed by atoms with Gasteiger partial charge < -0.3 is 14.4 Å². The van der Waals surface area contributed by atoms with Crippen LogP contribution in [-0.2, 0) is 15.7 Å². The number of alkyl halides is 3. The van der Waals surface area contributed by atoms with Crippen LogP contribution in [0.1, 0.15) is 42.7 Å². The summed E-state index contributed by atoms with van der Waals surface area (Å²) in [5.74, 6) is -0.836. The molecule has 2 aliphatic rings. The van der Waals surface area contributed by atoms with Crippen molar-refractivity contribution in [2.75, 3.05) is 24.6 Å². The topological polar surface area (TPSA) is 64.6 Å². The molecular weight excluding hydrogens is 339 g/mol. The van der Waals surface area contributed by atoms with E-state index < -0.39 is 23.4 Å². The Morgan fingerprint density at radius 2 is 1.96 bits per heavy atom. The minimum atomic E-state index is -4.77. The van der Waals surface area contributed by atoms with Gasteiger partial charge >= 0.3 is 12.1 Å². The van der Waals surface area contributed by atoms with Gasteiger partial charge in [-0.15, -0.1) is 0 Å². The van der Waals surface area contributed by atoms with Gasteiger partial charge in [0.25, 0.3) is 0 Å². The zero-order chi connectivity index (χ0) is 18.2. The highest BCUT2D eigenvalue weighted by molar-refractivity contribution is 5.90. The van der Waals surface area contributed by atoms with E-state index in [9.17, 15) is 18.0 Å². The quantitative estimate of drug-likeness (QED) is 0.770. The average molecular weight is 359 g/mol. The molecule has 0 radical (unpaired) electrons. The number of morpholine rings is 1. The molecule has 138 valence electrons. The van der Waals surface area contributed by atoms with E-state index in [-0.39, 0.29) is 30.7 Å². The number of anilines is 1. The molecule has 0 amide bonds. The van der Waals surface area contributed by atoms with Gasteiger partial charge in [0.15, 0.2) is 5.69 Å². The Morgan fingerprint density at radius 1 is 1.32 bits per heavy atom. The van der Waals surface area contributed by atoms with Crippen molar-refractivity contribution in [1.82, 2.24) is 9.97 Å². The summed E-state index contributed by atoms with van der Waals surface area (Å²) in [5.41, 5.74) is -1.91. The first kappa shape index (κ1) is 17.9. The predicted molar refractivity (Wildman–Crippen MR) is 82.3 cm³/mol. The number of carbonyl (C=O) groups excluding carboxylic acids is 1. The molecule has 2 heterocycles. The van der Waals surface area contributed by atoms with E-state index in [2.05, 4.69) is 9.97 Å². The van der Waals surface area contributed by atoms with Gasteiger partial charge in [0.2, 0.25) is 5.95 Å². The third-order valence-corrected chi connectivity index (χ3v) is 4.11. The summed E-state index contributed by atoms with van der Waals surface area (Å²) in [6.45, 7) is 4.56. The molecule has 6 nitrogen and oxygen atoms in total. The number of carbonyl (C=O) groups is 1. The Balaban J connectivity index is 1.85. The highest BCUT2D eigenvalue weighted by atomic mass is 19.4. The number of esters is 1. The van der Waals surface area contributed by atoms with Gasteiger partial charge in [-0.1, -0.05) is 0 Å². The zero-order valence-electron chi connectivity index (χ0n) is 14.0. The van der Waals surface area contributed by atoms with E-state index >= 15 is 0 Å². The largest absolute Gasteiger partial charge is 0.462 e. The molecule has 1 aliphatic heterocycles. The van der Waals surface area contributed by atoms with Gasteiger partial charge in [-0.2, -0.15) is 13.2 Å². The Kier molecular flexibility index (Phi) is 4.86. The van der Waals surface area contributed by atoms with Crippen molar-refractivity contribution in [3.05, 3.63) is 17.5 Å². The van der Waals surface area contributed by atoms with Gasteiger partial charge in [0, 0.05) is 19.3 Å². The van der Waals surface area contributed by atoms with Crippen molar-refractivity contribution >= 4 is 11.9 Å². The zero-order valence-corrected chi connectivity index (χ0v) is 14.0. The highest BCUT2D eigenvalue weighted by Crippen LogP contribution is 2.33. The lowest BCUT2D eigenvalue weighted by atomic mass is 10.2. The van der Waals surface area contributed by atoms with Gasteiger partial charge in [0.05, 0.1) is 18.8 Å². The fourth-order valence-electron chi connectivity index (χ4n) is 2.79. The monoisotopic (exact) mass is 359 g/mol. The Morgan fingerprint density at radius 3 is 2.52 bits per heavy atom. The van der Waals surface area contributed by atoms with Crippen LogP contribution in [0.2, 0.25) is 0 Å². The molecule has 2 atom stereocenters. The third kappa shape index (κ3) is 4.39. The van der Waals surface area contributed by atoms with E-state index in [0.717, 1.165) is 19.0 Å². The van der Waals surface area contributed by atoms with Crippen LogP contribution in [0.5, 0.6) is 0 Å². The molecule has 1 saturated heterocycles. The lowest BCUT2D eigenvalue weighted by Crippen LogP contribution is -2.46. The van der Waals surface area contributed by atoms with Crippen LogP contribution in [0.3, 0.4) is 0 Å². The Labute approximate surface area is 143 Å². The van der Waals surface area contributed by atoms with Crippen LogP contribution in [-0.4, -0.2) is 47.8 Å². The maximum absolute atomic E-state index is 13.4. The van der Waals surface area contributed by atoms with E-state index in [1.807, 2.05) is 13.8 Å². The van der Waals surface area contributed by atoms with Crippen LogP contribution in [0.4, 0.5) is 19.1 Å². The van der Waals surface area contributed by atoms with Crippen molar-refractivity contribution in [1.29, 1.82) is 0 Å². The summed E-state index contributed by atoms with van der Waals surface area (Å²) in [6, 6.07) is 0. The molecule has 0 bridgehead atoms. The minimum Gasteiger partial charge on any atom is -0.462 e. The van der Waals surface area contributed by atoms with Crippen LogP contribution >= 0.6 is 0 Å². The summed E-state index contributed by atoms with van der Waals surface area (Å²) in [6.07, 6.45) is -2.29. The minimum absolute atomic E-state index is 0.0620. The first-order valence-electron chi connectivity index (χ1n) is 8.25. The van der Waals surface area contributed by atoms with E-state index in [1.54, 1.807) is 4.90 Å². The first-order chi connectivity index (χ1) is 11.7. The molecule has 0 N–H and O–H groups in total. The smallest absolute Gasteiger partial charge is 0.434 e. The normalized spacial score (nSPS) is 24.3. The van der Waals surface area contributed by atoms with Gasteiger partial charge in [-0.25, -0.2) is 14.8 Å². The van der Waals surface area contributed by atoms with Gasteiger partial charge in [-0.3, -0.25) is 0 Å². The van der Waals surface area contributed by atoms with E-state index in [0.29, 0.717) is 13.1 Å². The molecule has 9 heteroatoms. The summed E-state index contributed by atoms with van der Waals surface area (Å²) in [5, 5.41) is 0. The molecular formula is C16H20F3N3O3. The lowest BCUT2D eigenvalue weighted by Gasteiger charge is -2.35. The highest BCUT2D eigenvalue weighted by Gasteiger charge is 2.39. The van der Waals surface area contributed by atoms with Crippen LogP contribution < -0.4 is 4.90 Å². The summed E-state index contributed by atoms with van der Waals surface area (Å²) in [4.78, 5) is 21.2. The number of ether oxygens (including phenoxy) is 2. The first-order valence-corrected chi connectivity index (χ1v) is 8.25. The molecule has 0 aromatic carbocycles. The van der Waals surface area contributed by atoms with Crippen molar-refractivity contribution in [2.45, 2.75) is 45.1 Å². The fourth-order valence-corrected chi connectivity index (χ4v) is 2.79. The Hall–Kier alpha value is -1.90. The number of rotatable bonds is 4. The number of hydrogen-bond acceptors (Lipinski definition) is 6. The van der Waals surface area contributed by atoms with Crippen LogP contribution in [0.25, 0.3) is 0 Å². The summed E-state index contributed by atoms with van der Waals surface area (Å²) >= 11 is 0. The van der Waals surface area contributed by atoms with Crippen molar-refractivity contribution in [3.8, 4) is 0 Å². The fraction of sp³-hybridized carbons (Fsp3) is 0.688. The Bertz CT molecular complexity index is 639. The standard InChI is InChI=1S/C16H20F3N3O3/c1-9-6-22(7-10(2)25-9)15-20-5-12(13(21-15)16(17,18)19)14(23)24-8-11-3-4-11/h5,9-11H,3-4,6-8H2,1-2H3.